The standard InChI is InChI=1S/C78H51NO4/c1-77(2)60-40-45(36-38-54(60)69-62(77)42-58(75-71(69)56-25-11-16-34-67(56)82-75)52-29-18-27-50-48-23-9-14-32-65(48)80-73(50)52)79(64-31-13-8-22-47(64)44-20-6-5-7-21-44)46-37-39-55-61(41-46)78(3,4)63-43-59(76-72(70(55)63)57-26-12-17-35-68(57)83-76)53-30-19-28-51-49-24-10-15-33-66(49)81-74(51)53/h5-43H,1-4H3. The summed E-state index contributed by atoms with van der Waals surface area (Å²) < 4.78 is 27.5. The summed E-state index contributed by atoms with van der Waals surface area (Å²) in [7, 11) is 0. The minimum Gasteiger partial charge on any atom is -0.455 e. The second-order valence-electron chi connectivity index (χ2n) is 23.8. The number of fused-ring (bicyclic) bond motifs is 20. The number of furan rings is 4. The summed E-state index contributed by atoms with van der Waals surface area (Å²) in [5, 5.41) is 8.85. The monoisotopic (exact) mass is 1070 g/mol. The Morgan fingerprint density at radius 1 is 0.277 bits per heavy atom. The lowest BCUT2D eigenvalue weighted by Crippen LogP contribution is -2.18. The molecule has 5 heteroatoms. The zero-order chi connectivity index (χ0) is 55.0. The number of nitrogens with zero attached hydrogens (tertiary/aromatic N) is 1. The van der Waals surface area contributed by atoms with Gasteiger partial charge in [0.25, 0.3) is 0 Å². The molecule has 0 saturated carbocycles. The summed E-state index contributed by atoms with van der Waals surface area (Å²) in [6, 6.07) is 85.4. The van der Waals surface area contributed by atoms with Crippen molar-refractivity contribution in [2.45, 2.75) is 38.5 Å². The van der Waals surface area contributed by atoms with E-state index in [0.717, 1.165) is 138 Å². The number of hydrogen-bond acceptors (Lipinski definition) is 5. The molecule has 2 aliphatic rings. The largest absolute Gasteiger partial charge is 0.455 e. The lowest BCUT2D eigenvalue weighted by atomic mass is 9.80. The molecule has 12 aromatic carbocycles. The number of anilines is 3. The second-order valence-corrected chi connectivity index (χ2v) is 23.8. The van der Waals surface area contributed by atoms with Gasteiger partial charge in [0.2, 0.25) is 0 Å². The molecule has 2 aliphatic carbocycles. The Balaban J connectivity index is 0.848. The SMILES string of the molecule is CC1(C)c2cc(N(c3ccc4c(c3)C(C)(C)c3cc(-c5cccc6c5oc5ccccc56)c5oc6ccccc6c5c3-4)c3ccccc3-c3ccccc3)ccc2-c2c1cc(-c1cccc3c1oc1ccccc13)c1oc3ccccc3c21. The molecule has 392 valence electrons. The fraction of sp³-hybridized carbons (Fsp3) is 0.0769. The van der Waals surface area contributed by atoms with Crippen molar-refractivity contribution in [1.82, 2.24) is 0 Å². The summed E-state index contributed by atoms with van der Waals surface area (Å²) in [4.78, 5) is 2.49. The Bertz CT molecular complexity index is 5170. The molecule has 0 amide bonds. The van der Waals surface area contributed by atoms with Crippen molar-refractivity contribution in [3.63, 3.8) is 0 Å². The average molecular weight is 1070 g/mol. The highest BCUT2D eigenvalue weighted by molar-refractivity contribution is 6.23. The molecule has 4 heterocycles. The first kappa shape index (κ1) is 46.4. The molecule has 83 heavy (non-hydrogen) atoms. The Morgan fingerprint density at radius 2 is 0.663 bits per heavy atom. The van der Waals surface area contributed by atoms with Crippen LogP contribution in [0.3, 0.4) is 0 Å². The van der Waals surface area contributed by atoms with Crippen LogP contribution in [0.1, 0.15) is 49.9 Å². The highest BCUT2D eigenvalue weighted by Gasteiger charge is 2.42. The molecule has 0 radical (unpaired) electrons. The first-order valence-electron chi connectivity index (χ1n) is 28.7. The Labute approximate surface area is 477 Å². The molecular weight excluding hydrogens is 1010 g/mol. The number of para-hydroxylation sites is 7. The Hall–Kier alpha value is -10.4. The van der Waals surface area contributed by atoms with E-state index in [2.05, 4.69) is 257 Å². The first-order chi connectivity index (χ1) is 40.7. The minimum absolute atomic E-state index is 0.418. The van der Waals surface area contributed by atoms with Gasteiger partial charge in [0, 0.05) is 93.1 Å². The third-order valence-electron chi connectivity index (χ3n) is 18.7. The van der Waals surface area contributed by atoms with Crippen molar-refractivity contribution in [3.8, 4) is 55.6 Å². The number of hydrogen-bond donors (Lipinski definition) is 0. The lowest BCUT2D eigenvalue weighted by Gasteiger charge is -2.31. The van der Waals surface area contributed by atoms with E-state index in [0.29, 0.717) is 0 Å². The van der Waals surface area contributed by atoms with Crippen molar-refractivity contribution in [1.29, 1.82) is 0 Å². The molecule has 0 atom stereocenters. The van der Waals surface area contributed by atoms with Gasteiger partial charge < -0.3 is 22.6 Å². The van der Waals surface area contributed by atoms with Crippen LogP contribution >= 0.6 is 0 Å². The fourth-order valence-electron chi connectivity index (χ4n) is 14.7. The van der Waals surface area contributed by atoms with E-state index in [1.165, 1.54) is 44.5 Å². The smallest absolute Gasteiger partial charge is 0.144 e. The van der Waals surface area contributed by atoms with Crippen LogP contribution in [0.2, 0.25) is 0 Å². The van der Waals surface area contributed by atoms with Crippen molar-refractivity contribution in [2.24, 2.45) is 0 Å². The van der Waals surface area contributed by atoms with E-state index in [1.54, 1.807) is 0 Å². The average Bonchev–Trinajstić information content (AvgIpc) is 1.77. The third kappa shape index (κ3) is 6.31. The zero-order valence-corrected chi connectivity index (χ0v) is 46.1. The summed E-state index contributed by atoms with van der Waals surface area (Å²) in [6.07, 6.45) is 0. The highest BCUT2D eigenvalue weighted by Crippen LogP contribution is 2.60. The number of benzene rings is 12. The van der Waals surface area contributed by atoms with Gasteiger partial charge >= 0.3 is 0 Å². The summed E-state index contributed by atoms with van der Waals surface area (Å²) >= 11 is 0. The van der Waals surface area contributed by atoms with Gasteiger partial charge in [-0.05, 0) is 117 Å². The van der Waals surface area contributed by atoms with E-state index in [4.69, 9.17) is 17.7 Å². The van der Waals surface area contributed by atoms with Gasteiger partial charge in [-0.15, -0.1) is 0 Å². The molecular formula is C78H51NO4. The van der Waals surface area contributed by atoms with Crippen LogP contribution in [0.15, 0.2) is 254 Å². The molecule has 0 aliphatic heterocycles. The third-order valence-corrected chi connectivity index (χ3v) is 18.7. The lowest BCUT2D eigenvalue weighted by molar-refractivity contribution is 0.656. The van der Waals surface area contributed by atoms with Crippen LogP contribution < -0.4 is 4.90 Å². The first-order valence-corrected chi connectivity index (χ1v) is 28.7. The van der Waals surface area contributed by atoms with E-state index in [-0.39, 0.29) is 0 Å². The summed E-state index contributed by atoms with van der Waals surface area (Å²) in [5.74, 6) is 0. The van der Waals surface area contributed by atoms with Gasteiger partial charge in [0.05, 0.1) is 5.69 Å². The predicted octanol–water partition coefficient (Wildman–Crippen LogP) is 22.4. The maximum absolute atomic E-state index is 7.02. The van der Waals surface area contributed by atoms with Gasteiger partial charge in [0.15, 0.2) is 0 Å². The molecule has 0 unspecified atom stereocenters. The van der Waals surface area contributed by atoms with Crippen LogP contribution in [0, 0.1) is 0 Å². The van der Waals surface area contributed by atoms with Gasteiger partial charge in [-0.2, -0.15) is 0 Å². The fourth-order valence-corrected chi connectivity index (χ4v) is 14.7. The predicted molar refractivity (Wildman–Crippen MR) is 342 cm³/mol. The van der Waals surface area contributed by atoms with Crippen LogP contribution in [-0.4, -0.2) is 0 Å². The Morgan fingerprint density at radius 3 is 1.16 bits per heavy atom. The van der Waals surface area contributed by atoms with Crippen LogP contribution in [0.25, 0.3) is 143 Å². The molecule has 0 saturated heterocycles. The van der Waals surface area contributed by atoms with E-state index in [9.17, 15) is 0 Å². The van der Waals surface area contributed by atoms with Crippen LogP contribution in [-0.2, 0) is 10.8 Å². The van der Waals surface area contributed by atoms with E-state index in [1.807, 2.05) is 12.1 Å². The highest BCUT2D eigenvalue weighted by atomic mass is 16.3. The summed E-state index contributed by atoms with van der Waals surface area (Å²) in [5.41, 5.74) is 25.6. The molecule has 0 spiro atoms. The minimum atomic E-state index is -0.418. The molecule has 4 aromatic heterocycles. The molecule has 18 rings (SSSR count). The van der Waals surface area contributed by atoms with Crippen LogP contribution in [0.5, 0.6) is 0 Å². The van der Waals surface area contributed by atoms with Crippen molar-refractivity contribution in [3.05, 3.63) is 259 Å². The molecule has 16 aromatic rings. The van der Waals surface area contributed by atoms with Crippen molar-refractivity contribution < 1.29 is 17.7 Å². The zero-order valence-electron chi connectivity index (χ0n) is 46.1. The molecule has 0 bridgehead atoms. The maximum atomic E-state index is 7.02. The quantitative estimate of drug-likeness (QED) is 0.166. The molecule has 0 N–H and O–H groups in total. The van der Waals surface area contributed by atoms with Crippen LogP contribution in [0.4, 0.5) is 17.1 Å². The summed E-state index contributed by atoms with van der Waals surface area (Å²) in [6.45, 7) is 9.56. The van der Waals surface area contributed by atoms with E-state index < -0.39 is 10.8 Å². The normalized spacial score (nSPS) is 14.0. The van der Waals surface area contributed by atoms with Gasteiger partial charge in [-0.3, -0.25) is 0 Å². The van der Waals surface area contributed by atoms with Gasteiger partial charge in [0.1, 0.15) is 44.7 Å². The number of rotatable bonds is 6. The topological polar surface area (TPSA) is 55.8 Å². The van der Waals surface area contributed by atoms with E-state index >= 15 is 0 Å². The molecule has 0 fully saturated rings. The van der Waals surface area contributed by atoms with Gasteiger partial charge in [-0.1, -0.05) is 198 Å². The van der Waals surface area contributed by atoms with Crippen molar-refractivity contribution in [2.75, 3.05) is 4.90 Å². The Kier molecular flexibility index (Phi) is 9.29. The molecule has 5 nitrogen and oxygen atoms in total. The second kappa shape index (κ2) is 16.6. The van der Waals surface area contributed by atoms with Crippen molar-refractivity contribution >= 4 is 105 Å². The van der Waals surface area contributed by atoms with Gasteiger partial charge in [-0.25, -0.2) is 0 Å². The maximum Gasteiger partial charge on any atom is 0.144 e.